The molecule has 4 aromatic rings. The number of ether oxygens (including phenoxy) is 1. The average molecular weight is 715 g/mol. The summed E-state index contributed by atoms with van der Waals surface area (Å²) in [4.78, 5) is 0. The molecular formula is C42H42F8O. The molecule has 0 heterocycles. The molecule has 51 heavy (non-hydrogen) atoms. The van der Waals surface area contributed by atoms with Gasteiger partial charge in [-0.1, -0.05) is 75.2 Å². The Morgan fingerprint density at radius 1 is 0.471 bits per heavy atom. The van der Waals surface area contributed by atoms with Gasteiger partial charge >= 0.3 is 0 Å². The molecular weight excluding hydrogens is 672 g/mol. The lowest BCUT2D eigenvalue weighted by atomic mass is 9.77. The summed E-state index contributed by atoms with van der Waals surface area (Å²) < 4.78 is 124. The van der Waals surface area contributed by atoms with Gasteiger partial charge in [0.1, 0.15) is 12.2 Å². The third-order valence-electron chi connectivity index (χ3n) is 11.4. The third-order valence-corrected chi connectivity index (χ3v) is 11.4. The van der Waals surface area contributed by atoms with E-state index in [1.165, 1.54) is 0 Å². The molecule has 0 saturated heterocycles. The molecule has 2 fully saturated rings. The molecule has 0 amide bonds. The van der Waals surface area contributed by atoms with Crippen molar-refractivity contribution < 1.29 is 39.9 Å². The highest BCUT2D eigenvalue weighted by Gasteiger charge is 2.33. The van der Waals surface area contributed by atoms with Crippen LogP contribution >= 0.6 is 0 Å². The van der Waals surface area contributed by atoms with Crippen molar-refractivity contribution in [2.75, 3.05) is 0 Å². The van der Waals surface area contributed by atoms with Gasteiger partial charge in [0.05, 0.1) is 0 Å². The van der Waals surface area contributed by atoms with Crippen molar-refractivity contribution in [2.45, 2.75) is 102 Å². The Kier molecular flexibility index (Phi) is 11.5. The summed E-state index contributed by atoms with van der Waals surface area (Å²) in [7, 11) is 0. The average Bonchev–Trinajstić information content (AvgIpc) is 3.17. The Morgan fingerprint density at radius 2 is 0.804 bits per heavy atom. The summed E-state index contributed by atoms with van der Waals surface area (Å²) in [5, 5.41) is 0. The highest BCUT2D eigenvalue weighted by molar-refractivity contribution is 5.39. The van der Waals surface area contributed by atoms with Crippen LogP contribution in [0, 0.1) is 58.4 Å². The van der Waals surface area contributed by atoms with Crippen LogP contribution < -0.4 is 0 Å². The molecule has 9 heteroatoms. The van der Waals surface area contributed by atoms with Crippen molar-refractivity contribution in [3.63, 3.8) is 0 Å². The standard InChI is InChI=1S/C42H42F8O/c1-3-23-5-9-25(10-6-23)27-13-17-29(18-14-27)41(31-21-33(43)37(47)39(49)35(31)45)51-42(32-22-34(44)38(48)40(50)36(32)46)30-19-15-28(16-20-30)26-11-7-24(4-2)8-12-26/h13-26,41-42H,3-12H2,1-2H3. The Bertz CT molecular complexity index is 1670. The van der Waals surface area contributed by atoms with Gasteiger partial charge in [0.25, 0.3) is 0 Å². The molecule has 2 atom stereocenters. The van der Waals surface area contributed by atoms with Crippen LogP contribution in [0.4, 0.5) is 35.1 Å². The van der Waals surface area contributed by atoms with E-state index in [-0.39, 0.29) is 23.0 Å². The highest BCUT2D eigenvalue weighted by atomic mass is 19.2. The Hall–Kier alpha value is -3.72. The van der Waals surface area contributed by atoms with Gasteiger partial charge in [0, 0.05) is 11.1 Å². The van der Waals surface area contributed by atoms with E-state index in [9.17, 15) is 26.3 Å². The second-order valence-corrected chi connectivity index (χ2v) is 14.3. The third kappa shape index (κ3) is 7.74. The van der Waals surface area contributed by atoms with Gasteiger partial charge in [-0.05, 0) is 109 Å². The lowest BCUT2D eigenvalue weighted by Gasteiger charge is -2.30. The van der Waals surface area contributed by atoms with Crippen LogP contribution in [0.5, 0.6) is 0 Å². The molecule has 0 spiro atoms. The van der Waals surface area contributed by atoms with Gasteiger partial charge in [-0.3, -0.25) is 0 Å². The molecule has 2 saturated carbocycles. The van der Waals surface area contributed by atoms with Crippen molar-refractivity contribution in [3.8, 4) is 0 Å². The minimum atomic E-state index is -2.08. The topological polar surface area (TPSA) is 9.23 Å². The second kappa shape index (κ2) is 15.9. The van der Waals surface area contributed by atoms with Crippen LogP contribution in [-0.2, 0) is 4.74 Å². The van der Waals surface area contributed by atoms with Gasteiger partial charge in [0.15, 0.2) is 46.5 Å². The molecule has 2 aliphatic rings. The molecule has 2 aliphatic carbocycles. The van der Waals surface area contributed by atoms with Crippen molar-refractivity contribution in [1.29, 1.82) is 0 Å². The van der Waals surface area contributed by atoms with E-state index in [1.807, 2.05) is 0 Å². The maximum atomic E-state index is 15.5. The second-order valence-electron chi connectivity index (χ2n) is 14.3. The molecule has 0 bridgehead atoms. The first-order valence-corrected chi connectivity index (χ1v) is 18.0. The van der Waals surface area contributed by atoms with Crippen LogP contribution in [0.25, 0.3) is 0 Å². The normalized spacial score (nSPS) is 22.2. The minimum Gasteiger partial charge on any atom is -0.356 e. The van der Waals surface area contributed by atoms with E-state index in [2.05, 4.69) is 13.8 Å². The SMILES string of the molecule is CCC1CCC(c2ccc(C(OC(c3ccc(C4CCC(CC)CC4)cc3)c3cc(F)c(F)c(F)c3F)c3cc(F)c(F)c(F)c3F)cc2)CC1. The summed E-state index contributed by atoms with van der Waals surface area (Å²) in [6.07, 6.45) is 6.96. The lowest BCUT2D eigenvalue weighted by molar-refractivity contribution is 0.0256. The van der Waals surface area contributed by atoms with Gasteiger partial charge in [-0.2, -0.15) is 0 Å². The van der Waals surface area contributed by atoms with Crippen LogP contribution in [-0.4, -0.2) is 0 Å². The first-order valence-electron chi connectivity index (χ1n) is 18.0. The molecule has 272 valence electrons. The van der Waals surface area contributed by atoms with Gasteiger partial charge < -0.3 is 4.74 Å². The van der Waals surface area contributed by atoms with Crippen molar-refractivity contribution in [1.82, 2.24) is 0 Å². The molecule has 6 rings (SSSR count). The predicted molar refractivity (Wildman–Crippen MR) is 180 cm³/mol. The smallest absolute Gasteiger partial charge is 0.197 e. The zero-order valence-corrected chi connectivity index (χ0v) is 28.7. The van der Waals surface area contributed by atoms with E-state index in [0.29, 0.717) is 24.0 Å². The van der Waals surface area contributed by atoms with Crippen molar-refractivity contribution in [2.24, 2.45) is 11.8 Å². The molecule has 0 radical (unpaired) electrons. The number of hydrogen-bond acceptors (Lipinski definition) is 1. The fraction of sp³-hybridized carbons (Fsp3) is 0.429. The molecule has 1 nitrogen and oxygen atoms in total. The summed E-state index contributed by atoms with van der Waals surface area (Å²) in [6.45, 7) is 4.33. The fourth-order valence-corrected chi connectivity index (χ4v) is 8.06. The van der Waals surface area contributed by atoms with Crippen LogP contribution in [0.2, 0.25) is 0 Å². The zero-order valence-electron chi connectivity index (χ0n) is 28.7. The van der Waals surface area contributed by atoms with Crippen LogP contribution in [0.3, 0.4) is 0 Å². The summed E-state index contributed by atoms with van der Waals surface area (Å²) in [5.74, 6) is -13.2. The Labute approximate surface area is 294 Å². The number of hydrogen-bond donors (Lipinski definition) is 0. The quantitative estimate of drug-likeness (QED) is 0.0903. The monoisotopic (exact) mass is 714 g/mol. The molecule has 0 N–H and O–H groups in total. The number of benzene rings is 4. The van der Waals surface area contributed by atoms with E-state index >= 15 is 8.78 Å². The number of halogens is 8. The van der Waals surface area contributed by atoms with Crippen LogP contribution in [0.15, 0.2) is 60.7 Å². The van der Waals surface area contributed by atoms with Crippen molar-refractivity contribution >= 4 is 0 Å². The van der Waals surface area contributed by atoms with E-state index in [0.717, 1.165) is 75.3 Å². The zero-order chi connectivity index (χ0) is 36.4. The summed E-state index contributed by atoms with van der Waals surface area (Å²) in [6, 6.07) is 14.4. The Balaban J connectivity index is 1.42. The highest BCUT2D eigenvalue weighted by Crippen LogP contribution is 2.43. The summed E-state index contributed by atoms with van der Waals surface area (Å²) >= 11 is 0. The predicted octanol–water partition coefficient (Wildman–Crippen LogP) is 13.1. The molecule has 0 aliphatic heterocycles. The largest absolute Gasteiger partial charge is 0.356 e. The maximum Gasteiger partial charge on any atom is 0.197 e. The first-order chi connectivity index (χ1) is 24.5. The first kappa shape index (κ1) is 37.1. The molecule has 0 aromatic heterocycles. The molecule has 4 aromatic carbocycles. The van der Waals surface area contributed by atoms with Gasteiger partial charge in [-0.15, -0.1) is 0 Å². The van der Waals surface area contributed by atoms with E-state index in [1.54, 1.807) is 48.5 Å². The number of rotatable bonds is 10. The summed E-state index contributed by atoms with van der Waals surface area (Å²) in [5.41, 5.74) is 0.836. The van der Waals surface area contributed by atoms with Gasteiger partial charge in [0.2, 0.25) is 0 Å². The maximum absolute atomic E-state index is 15.5. The lowest BCUT2D eigenvalue weighted by Crippen LogP contribution is -2.18. The van der Waals surface area contributed by atoms with E-state index < -0.39 is 69.9 Å². The van der Waals surface area contributed by atoms with E-state index in [4.69, 9.17) is 4.74 Å². The molecule has 2 unspecified atom stereocenters. The van der Waals surface area contributed by atoms with Gasteiger partial charge in [-0.25, -0.2) is 35.1 Å². The fourth-order valence-electron chi connectivity index (χ4n) is 8.06. The van der Waals surface area contributed by atoms with Crippen LogP contribution in [0.1, 0.15) is 135 Å². The van der Waals surface area contributed by atoms with Crippen molar-refractivity contribution in [3.05, 3.63) is 141 Å². The Morgan fingerprint density at radius 3 is 1.12 bits per heavy atom. The minimum absolute atomic E-state index is 0.170.